The lowest BCUT2D eigenvalue weighted by atomic mass is 9.95. The maximum Gasteiger partial charge on any atom is 0.0540 e. The summed E-state index contributed by atoms with van der Waals surface area (Å²) in [5.41, 5.74) is 13.0. The van der Waals surface area contributed by atoms with Gasteiger partial charge in [0.05, 0.1) is 5.69 Å². The molecule has 0 fully saturated rings. The second-order valence-electron chi connectivity index (χ2n) is 13.7. The minimum Gasteiger partial charge on any atom is -0.310 e. The van der Waals surface area contributed by atoms with E-state index in [1.807, 2.05) is 11.3 Å². The Morgan fingerprint density at radius 3 is 1.67 bits per heavy atom. The van der Waals surface area contributed by atoms with Crippen LogP contribution in [0.25, 0.3) is 75.5 Å². The van der Waals surface area contributed by atoms with Crippen molar-refractivity contribution < 1.29 is 0 Å². The summed E-state index contributed by atoms with van der Waals surface area (Å²) in [6.07, 6.45) is 0. The molecule has 0 saturated carbocycles. The molecule has 254 valence electrons. The Hall–Kier alpha value is -6.74. The normalized spacial score (nSPS) is 11.3. The molecule has 2 heteroatoms. The highest BCUT2D eigenvalue weighted by Crippen LogP contribution is 2.46. The highest BCUT2D eigenvalue weighted by Gasteiger charge is 2.20. The van der Waals surface area contributed by atoms with Gasteiger partial charge in [0.2, 0.25) is 0 Å². The average Bonchev–Trinajstić information content (AvgIpc) is 3.64. The standard InChI is InChI=1S/C52H35NS/c1-2-13-36(14-3-1)37-27-29-38(30-28-37)39-31-33-42(34-32-39)53(43-18-10-17-41(35-43)45-22-11-16-40-15-4-5-19-44(40)45)49-24-8-6-20-46(49)47-23-12-26-51-52(47)48-21-7-9-25-50(48)54-51/h1-35H. The average molecular weight is 706 g/mol. The van der Waals surface area contributed by atoms with Crippen LogP contribution in [-0.2, 0) is 0 Å². The topological polar surface area (TPSA) is 3.24 Å². The van der Waals surface area contributed by atoms with Gasteiger partial charge in [0.25, 0.3) is 0 Å². The van der Waals surface area contributed by atoms with Crippen molar-refractivity contribution in [1.82, 2.24) is 0 Å². The van der Waals surface area contributed by atoms with Gasteiger partial charge in [-0.05, 0) is 92.2 Å². The number of hydrogen-bond acceptors (Lipinski definition) is 2. The molecule has 0 aliphatic carbocycles. The van der Waals surface area contributed by atoms with Gasteiger partial charge in [-0.3, -0.25) is 0 Å². The molecule has 0 amide bonds. The summed E-state index contributed by atoms with van der Waals surface area (Å²) in [5, 5.41) is 5.10. The van der Waals surface area contributed by atoms with E-state index in [-0.39, 0.29) is 0 Å². The fourth-order valence-corrected chi connectivity index (χ4v) is 9.03. The predicted molar refractivity (Wildman–Crippen MR) is 233 cm³/mol. The van der Waals surface area contributed by atoms with Gasteiger partial charge in [-0.1, -0.05) is 170 Å². The summed E-state index contributed by atoms with van der Waals surface area (Å²) >= 11 is 1.86. The molecule has 0 atom stereocenters. The first-order chi connectivity index (χ1) is 26.8. The third-order valence-electron chi connectivity index (χ3n) is 10.5. The Morgan fingerprint density at radius 1 is 0.315 bits per heavy atom. The molecule has 0 saturated heterocycles. The van der Waals surface area contributed by atoms with E-state index in [1.165, 1.54) is 75.5 Å². The first-order valence-electron chi connectivity index (χ1n) is 18.4. The minimum absolute atomic E-state index is 1.10. The molecule has 0 aliphatic rings. The van der Waals surface area contributed by atoms with E-state index in [9.17, 15) is 0 Å². The smallest absolute Gasteiger partial charge is 0.0540 e. The zero-order chi connectivity index (χ0) is 35.8. The fourth-order valence-electron chi connectivity index (χ4n) is 7.90. The first kappa shape index (κ1) is 32.0. The zero-order valence-corrected chi connectivity index (χ0v) is 30.4. The van der Waals surface area contributed by atoms with Crippen molar-refractivity contribution in [1.29, 1.82) is 0 Å². The summed E-state index contributed by atoms with van der Waals surface area (Å²) in [5.74, 6) is 0. The van der Waals surface area contributed by atoms with Crippen LogP contribution >= 0.6 is 11.3 Å². The van der Waals surface area contributed by atoms with Crippen LogP contribution < -0.4 is 4.90 Å². The van der Waals surface area contributed by atoms with E-state index in [4.69, 9.17) is 0 Å². The number of anilines is 3. The molecule has 0 N–H and O–H groups in total. The SMILES string of the molecule is c1ccc(-c2ccc(-c3ccc(N(c4cccc(-c5cccc6ccccc56)c4)c4ccccc4-c4cccc5sc6ccccc6c45)cc3)cc2)cc1. The fraction of sp³-hybridized carbons (Fsp3) is 0. The molecule has 0 spiro atoms. The van der Waals surface area contributed by atoms with E-state index < -0.39 is 0 Å². The maximum absolute atomic E-state index is 2.43. The van der Waals surface area contributed by atoms with Crippen LogP contribution in [0.1, 0.15) is 0 Å². The Morgan fingerprint density at radius 2 is 0.852 bits per heavy atom. The largest absolute Gasteiger partial charge is 0.310 e. The van der Waals surface area contributed by atoms with Crippen molar-refractivity contribution in [2.45, 2.75) is 0 Å². The molecule has 0 unspecified atom stereocenters. The zero-order valence-electron chi connectivity index (χ0n) is 29.6. The lowest BCUT2D eigenvalue weighted by molar-refractivity contribution is 1.28. The monoisotopic (exact) mass is 705 g/mol. The van der Waals surface area contributed by atoms with Crippen LogP contribution in [0.15, 0.2) is 212 Å². The van der Waals surface area contributed by atoms with E-state index in [0.717, 1.165) is 17.1 Å². The van der Waals surface area contributed by atoms with E-state index in [0.29, 0.717) is 0 Å². The number of para-hydroxylation sites is 1. The summed E-state index contributed by atoms with van der Waals surface area (Å²) < 4.78 is 2.61. The van der Waals surface area contributed by atoms with Crippen LogP contribution in [0.2, 0.25) is 0 Å². The second kappa shape index (κ2) is 13.7. The Balaban J connectivity index is 1.13. The highest BCUT2D eigenvalue weighted by molar-refractivity contribution is 7.25. The Kier molecular flexibility index (Phi) is 8.09. The predicted octanol–water partition coefficient (Wildman–Crippen LogP) is 15.3. The van der Waals surface area contributed by atoms with Crippen LogP contribution in [0.4, 0.5) is 17.1 Å². The van der Waals surface area contributed by atoms with Gasteiger partial charge in [0, 0.05) is 37.1 Å². The number of fused-ring (bicyclic) bond motifs is 4. The van der Waals surface area contributed by atoms with Crippen molar-refractivity contribution in [2.75, 3.05) is 4.90 Å². The molecule has 0 radical (unpaired) electrons. The van der Waals surface area contributed by atoms with Crippen molar-refractivity contribution in [3.8, 4) is 44.5 Å². The Labute approximate surface area is 319 Å². The van der Waals surface area contributed by atoms with Gasteiger partial charge in [-0.25, -0.2) is 0 Å². The van der Waals surface area contributed by atoms with Crippen molar-refractivity contribution >= 4 is 59.3 Å². The maximum atomic E-state index is 2.43. The summed E-state index contributed by atoms with van der Waals surface area (Å²) in [6, 6.07) is 77.1. The minimum atomic E-state index is 1.10. The van der Waals surface area contributed by atoms with E-state index in [2.05, 4.69) is 217 Å². The number of hydrogen-bond donors (Lipinski definition) is 0. The van der Waals surface area contributed by atoms with Gasteiger partial charge in [0.15, 0.2) is 0 Å². The van der Waals surface area contributed by atoms with Crippen LogP contribution in [0, 0.1) is 0 Å². The number of nitrogens with zero attached hydrogens (tertiary/aromatic N) is 1. The van der Waals surface area contributed by atoms with Gasteiger partial charge in [0.1, 0.15) is 0 Å². The Bertz CT molecular complexity index is 2920. The summed E-state index contributed by atoms with van der Waals surface area (Å²) in [4.78, 5) is 2.43. The van der Waals surface area contributed by atoms with Gasteiger partial charge < -0.3 is 4.90 Å². The van der Waals surface area contributed by atoms with Crippen LogP contribution in [-0.4, -0.2) is 0 Å². The van der Waals surface area contributed by atoms with E-state index in [1.54, 1.807) is 0 Å². The number of thiophene rings is 1. The van der Waals surface area contributed by atoms with Crippen molar-refractivity contribution in [3.63, 3.8) is 0 Å². The van der Waals surface area contributed by atoms with Gasteiger partial charge >= 0.3 is 0 Å². The molecular weight excluding hydrogens is 671 g/mol. The molecule has 54 heavy (non-hydrogen) atoms. The molecule has 10 rings (SSSR count). The second-order valence-corrected chi connectivity index (χ2v) is 14.8. The summed E-state index contributed by atoms with van der Waals surface area (Å²) in [6.45, 7) is 0. The first-order valence-corrected chi connectivity index (χ1v) is 19.2. The molecule has 1 nitrogen and oxygen atoms in total. The molecule has 0 bridgehead atoms. The van der Waals surface area contributed by atoms with Crippen LogP contribution in [0.3, 0.4) is 0 Å². The van der Waals surface area contributed by atoms with Crippen LogP contribution in [0.5, 0.6) is 0 Å². The molecule has 1 aromatic heterocycles. The quantitative estimate of drug-likeness (QED) is 0.160. The molecule has 0 aliphatic heterocycles. The number of rotatable bonds is 7. The lowest BCUT2D eigenvalue weighted by Gasteiger charge is -2.29. The molecule has 10 aromatic rings. The molecular formula is C52H35NS. The summed E-state index contributed by atoms with van der Waals surface area (Å²) in [7, 11) is 0. The van der Waals surface area contributed by atoms with Gasteiger partial charge in [-0.2, -0.15) is 0 Å². The van der Waals surface area contributed by atoms with Crippen molar-refractivity contribution in [2.24, 2.45) is 0 Å². The highest BCUT2D eigenvalue weighted by atomic mass is 32.1. The third kappa shape index (κ3) is 5.74. The lowest BCUT2D eigenvalue weighted by Crippen LogP contribution is -2.11. The van der Waals surface area contributed by atoms with Crippen molar-refractivity contribution in [3.05, 3.63) is 212 Å². The molecule has 1 heterocycles. The van der Waals surface area contributed by atoms with E-state index >= 15 is 0 Å². The third-order valence-corrected chi connectivity index (χ3v) is 11.6. The number of benzene rings is 9. The van der Waals surface area contributed by atoms with Gasteiger partial charge in [-0.15, -0.1) is 11.3 Å². The molecule has 9 aromatic carbocycles.